The van der Waals surface area contributed by atoms with Crippen molar-refractivity contribution in [1.82, 2.24) is 14.7 Å². The minimum absolute atomic E-state index is 0.0777. The van der Waals surface area contributed by atoms with Crippen molar-refractivity contribution in [3.05, 3.63) is 46.7 Å². The zero-order valence-corrected chi connectivity index (χ0v) is 22.1. The van der Waals surface area contributed by atoms with Crippen molar-refractivity contribution >= 4 is 39.0 Å². The number of aliphatic carboxylic acids is 1. The first-order valence-electron chi connectivity index (χ1n) is 11.3. The van der Waals surface area contributed by atoms with Crippen molar-refractivity contribution < 1.29 is 36.3 Å². The van der Waals surface area contributed by atoms with Crippen LogP contribution < -0.4 is 4.90 Å². The number of carbonyl (C=O) groups excluding carboxylic acids is 1. The number of halogens is 4. The van der Waals surface area contributed by atoms with Crippen molar-refractivity contribution in [3.63, 3.8) is 0 Å². The van der Waals surface area contributed by atoms with Gasteiger partial charge in [-0.15, -0.1) is 0 Å². The Morgan fingerprint density at radius 2 is 1.97 bits per heavy atom. The minimum Gasteiger partial charge on any atom is -0.475 e. The molecular weight excluding hydrogens is 537 g/mol. The van der Waals surface area contributed by atoms with Gasteiger partial charge in [-0.1, -0.05) is 11.6 Å². The van der Waals surface area contributed by atoms with Crippen LogP contribution in [0.4, 0.5) is 18.9 Å². The van der Waals surface area contributed by atoms with E-state index >= 15 is 0 Å². The van der Waals surface area contributed by atoms with Gasteiger partial charge in [0.1, 0.15) is 9.84 Å². The number of likely N-dealkylation sites (N-methyl/N-ethyl adjacent to an activating group) is 1. The van der Waals surface area contributed by atoms with Crippen LogP contribution in [0.2, 0.25) is 5.02 Å². The molecule has 1 aromatic heterocycles. The van der Waals surface area contributed by atoms with E-state index in [0.717, 1.165) is 42.7 Å². The third-order valence-electron chi connectivity index (χ3n) is 6.65. The number of sulfone groups is 1. The Hall–Kier alpha value is -2.64. The Kier molecular flexibility index (Phi) is 8.30. The highest BCUT2D eigenvalue weighted by molar-refractivity contribution is 7.90. The zero-order valence-electron chi connectivity index (χ0n) is 20.5. The topological polar surface area (TPSA) is 113 Å². The maximum Gasteiger partial charge on any atom is 0.490 e. The van der Waals surface area contributed by atoms with Crippen LogP contribution in [-0.4, -0.2) is 77.9 Å². The lowest BCUT2D eigenvalue weighted by Crippen LogP contribution is -2.51. The molecule has 0 saturated carbocycles. The molecule has 2 aromatic rings. The number of likely N-dealkylation sites (tertiary alicyclic amines) is 1. The summed E-state index contributed by atoms with van der Waals surface area (Å²) in [6, 6.07) is 5.93. The van der Waals surface area contributed by atoms with Gasteiger partial charge in [-0.3, -0.25) is 14.4 Å². The fourth-order valence-corrected chi connectivity index (χ4v) is 5.49. The van der Waals surface area contributed by atoms with Gasteiger partial charge in [0.15, 0.2) is 0 Å². The van der Waals surface area contributed by atoms with Gasteiger partial charge in [-0.05, 0) is 43.5 Å². The Morgan fingerprint density at radius 3 is 2.54 bits per heavy atom. The average molecular weight is 565 g/mol. The zero-order chi connectivity index (χ0) is 27.8. The number of nitrogens with zero attached hydrogens (tertiary/aromatic N) is 4. The number of amides is 1. The summed E-state index contributed by atoms with van der Waals surface area (Å²) in [7, 11) is -1.18. The first kappa shape index (κ1) is 28.9. The fourth-order valence-electron chi connectivity index (χ4n) is 4.80. The molecule has 14 heteroatoms. The average Bonchev–Trinajstić information content (AvgIpc) is 3.31. The predicted molar refractivity (Wildman–Crippen MR) is 131 cm³/mol. The molecule has 3 heterocycles. The molecule has 0 aliphatic carbocycles. The molecule has 0 bridgehead atoms. The second kappa shape index (κ2) is 10.6. The molecule has 4 rings (SSSR count). The van der Waals surface area contributed by atoms with E-state index in [2.05, 4.69) is 16.9 Å². The van der Waals surface area contributed by atoms with Gasteiger partial charge in [0.2, 0.25) is 5.91 Å². The fraction of sp³-hybridized carbons (Fsp3) is 0.522. The lowest BCUT2D eigenvalue weighted by Gasteiger charge is -2.42. The van der Waals surface area contributed by atoms with E-state index in [9.17, 15) is 26.4 Å². The molecule has 1 N–H and O–H groups in total. The Labute approximate surface area is 217 Å². The summed E-state index contributed by atoms with van der Waals surface area (Å²) in [4.78, 5) is 26.2. The van der Waals surface area contributed by atoms with Crippen molar-refractivity contribution in [1.29, 1.82) is 0 Å². The largest absolute Gasteiger partial charge is 0.490 e. The van der Waals surface area contributed by atoms with E-state index in [-0.39, 0.29) is 17.7 Å². The van der Waals surface area contributed by atoms with Crippen LogP contribution in [0.1, 0.15) is 30.9 Å². The third-order valence-corrected chi connectivity index (χ3v) is 7.81. The first-order chi connectivity index (χ1) is 17.0. The van der Waals surface area contributed by atoms with Crippen LogP contribution in [0.25, 0.3) is 0 Å². The van der Waals surface area contributed by atoms with Gasteiger partial charge in [-0.2, -0.15) is 18.3 Å². The number of carbonyl (C=O) groups is 2. The maximum atomic E-state index is 13.2. The smallest absolute Gasteiger partial charge is 0.475 e. The number of aryl methyl sites for hydroxylation is 1. The number of anilines is 1. The van der Waals surface area contributed by atoms with Gasteiger partial charge in [-0.25, -0.2) is 13.2 Å². The SMILES string of the molecule is C[C@H]1C[C@@]2(CCN1Cc1cnn(CCS(C)(=O)=O)c1)C(=O)N(C)c1ccc(Cl)cc12.O=C(O)C(F)(F)F. The van der Waals surface area contributed by atoms with Crippen LogP contribution in [0.3, 0.4) is 0 Å². The molecular formula is C23H28ClF3N4O5S. The summed E-state index contributed by atoms with van der Waals surface area (Å²) in [6.07, 6.45) is 1.34. The van der Waals surface area contributed by atoms with Crippen molar-refractivity contribution in [3.8, 4) is 0 Å². The van der Waals surface area contributed by atoms with Crippen LogP contribution >= 0.6 is 11.6 Å². The van der Waals surface area contributed by atoms with E-state index in [0.29, 0.717) is 11.6 Å². The maximum absolute atomic E-state index is 13.2. The number of alkyl halides is 3. The van der Waals surface area contributed by atoms with Gasteiger partial charge >= 0.3 is 12.1 Å². The summed E-state index contributed by atoms with van der Waals surface area (Å²) in [5, 5.41) is 12.1. The number of hydrogen-bond donors (Lipinski definition) is 1. The van der Waals surface area contributed by atoms with E-state index in [1.807, 2.05) is 31.4 Å². The van der Waals surface area contributed by atoms with Gasteiger partial charge in [0.05, 0.1) is 23.9 Å². The van der Waals surface area contributed by atoms with E-state index < -0.39 is 27.4 Å². The van der Waals surface area contributed by atoms with Gasteiger partial charge < -0.3 is 10.0 Å². The highest BCUT2D eigenvalue weighted by Crippen LogP contribution is 2.49. The summed E-state index contributed by atoms with van der Waals surface area (Å²) < 4.78 is 56.1. The molecule has 1 aromatic carbocycles. The van der Waals surface area contributed by atoms with Crippen LogP contribution in [-0.2, 0) is 37.9 Å². The van der Waals surface area contributed by atoms with E-state index in [1.165, 1.54) is 6.26 Å². The first-order valence-corrected chi connectivity index (χ1v) is 13.8. The second-order valence-corrected chi connectivity index (χ2v) is 12.1. The molecule has 37 heavy (non-hydrogen) atoms. The van der Waals surface area contributed by atoms with E-state index in [1.54, 1.807) is 15.8 Å². The van der Waals surface area contributed by atoms with Crippen molar-refractivity contribution in [2.75, 3.05) is 30.5 Å². The number of hydrogen-bond acceptors (Lipinski definition) is 6. The molecule has 1 saturated heterocycles. The standard InChI is InChI=1S/C21H27ClN4O3S.C2HF3O2/c1-15-11-21(18-10-17(22)4-5-19(18)24(2)20(21)27)6-7-25(15)13-16-12-23-26(14-16)8-9-30(3,28)29;3-2(4,5)1(6)7/h4-5,10,12,14-15H,6-9,11,13H2,1-3H3;(H,6,7)/t15-,21+;/m0./s1. The Morgan fingerprint density at radius 1 is 1.32 bits per heavy atom. The molecule has 0 radical (unpaired) electrons. The normalized spacial score (nSPS) is 22.1. The molecule has 1 spiro atoms. The molecule has 1 fully saturated rings. The predicted octanol–water partition coefficient (Wildman–Crippen LogP) is 3.11. The summed E-state index contributed by atoms with van der Waals surface area (Å²) in [5.41, 5.74) is 2.54. The minimum atomic E-state index is -5.08. The van der Waals surface area contributed by atoms with Crippen molar-refractivity contribution in [2.45, 2.75) is 50.5 Å². The molecule has 2 atom stereocenters. The molecule has 204 valence electrons. The van der Waals surface area contributed by atoms with E-state index in [4.69, 9.17) is 21.5 Å². The number of piperidine rings is 1. The van der Waals surface area contributed by atoms with Crippen molar-refractivity contribution in [2.24, 2.45) is 0 Å². The number of aromatic nitrogens is 2. The summed E-state index contributed by atoms with van der Waals surface area (Å²) in [5.74, 6) is -2.53. The monoisotopic (exact) mass is 564 g/mol. The van der Waals surface area contributed by atoms with Crippen LogP contribution in [0.15, 0.2) is 30.6 Å². The lowest BCUT2D eigenvalue weighted by molar-refractivity contribution is -0.192. The third kappa shape index (κ3) is 6.63. The quantitative estimate of drug-likeness (QED) is 0.594. The molecule has 9 nitrogen and oxygen atoms in total. The molecule has 2 aliphatic heterocycles. The summed E-state index contributed by atoms with van der Waals surface area (Å²) in [6.45, 7) is 4.03. The second-order valence-electron chi connectivity index (χ2n) is 9.43. The molecule has 1 amide bonds. The highest BCUT2D eigenvalue weighted by Gasteiger charge is 2.52. The number of benzene rings is 1. The van der Waals surface area contributed by atoms with Gasteiger partial charge in [0, 0.05) is 54.9 Å². The van der Waals surface area contributed by atoms with Crippen LogP contribution in [0, 0.1) is 0 Å². The Bertz CT molecular complexity index is 1280. The number of rotatable bonds is 5. The lowest BCUT2D eigenvalue weighted by atomic mass is 9.71. The highest BCUT2D eigenvalue weighted by atomic mass is 35.5. The van der Waals surface area contributed by atoms with Gasteiger partial charge in [0.25, 0.3) is 0 Å². The molecule has 2 aliphatic rings. The number of carboxylic acids is 1. The Balaban J connectivity index is 0.000000479. The number of fused-ring (bicyclic) bond motifs is 2. The summed E-state index contributed by atoms with van der Waals surface area (Å²) >= 11 is 6.26. The molecule has 0 unspecified atom stereocenters. The van der Waals surface area contributed by atoms with Crippen LogP contribution in [0.5, 0.6) is 0 Å². The number of carboxylic acid groups (broad SMARTS) is 1.